The van der Waals surface area contributed by atoms with Crippen molar-refractivity contribution in [2.24, 2.45) is 29.1 Å². The third kappa shape index (κ3) is 2.70. The normalized spacial score (nSPS) is 35.6. The van der Waals surface area contributed by atoms with E-state index in [0.29, 0.717) is 11.8 Å². The standard InChI is InChI=1S/C16H27NO3/c1-9(2)10-7-5-6-8-11(10)17-14(18)12-13(15(19)20)16(12,3)4/h9-13H,5-8H2,1-4H3,(H,17,18)(H,19,20)/t10?,11?,12-,13+/m1/s1. The van der Waals surface area contributed by atoms with Crippen molar-refractivity contribution in [1.29, 1.82) is 0 Å². The Morgan fingerprint density at radius 2 is 1.75 bits per heavy atom. The van der Waals surface area contributed by atoms with Crippen LogP contribution in [-0.4, -0.2) is 23.0 Å². The molecule has 4 nitrogen and oxygen atoms in total. The number of amides is 1. The van der Waals surface area contributed by atoms with Crippen molar-refractivity contribution in [3.8, 4) is 0 Å². The molecule has 2 saturated carbocycles. The smallest absolute Gasteiger partial charge is 0.307 e. The minimum Gasteiger partial charge on any atom is -0.481 e. The molecule has 4 atom stereocenters. The molecule has 2 N–H and O–H groups in total. The van der Waals surface area contributed by atoms with Gasteiger partial charge in [-0.05, 0) is 30.1 Å². The Labute approximate surface area is 121 Å². The second-order valence-corrected chi connectivity index (χ2v) is 7.42. The molecule has 2 aliphatic rings. The quantitative estimate of drug-likeness (QED) is 0.832. The average molecular weight is 281 g/mol. The van der Waals surface area contributed by atoms with Gasteiger partial charge in [-0.1, -0.05) is 40.5 Å². The third-order valence-corrected chi connectivity index (χ3v) is 5.38. The molecule has 0 bridgehead atoms. The second kappa shape index (κ2) is 5.38. The SMILES string of the molecule is CC(C)C1CCCCC1NC(=O)[C@H]1[C@@H](C(=O)O)C1(C)C. The molecular formula is C16H27NO3. The highest BCUT2D eigenvalue weighted by Crippen LogP contribution is 2.58. The van der Waals surface area contributed by atoms with Gasteiger partial charge in [-0.2, -0.15) is 0 Å². The Morgan fingerprint density at radius 3 is 2.25 bits per heavy atom. The molecule has 0 radical (unpaired) electrons. The van der Waals surface area contributed by atoms with Crippen molar-refractivity contribution in [1.82, 2.24) is 5.32 Å². The Bertz CT molecular complexity index is 403. The molecule has 20 heavy (non-hydrogen) atoms. The Kier molecular flexibility index (Phi) is 4.12. The monoisotopic (exact) mass is 281 g/mol. The Morgan fingerprint density at radius 1 is 1.15 bits per heavy atom. The molecule has 0 saturated heterocycles. The highest BCUT2D eigenvalue weighted by atomic mass is 16.4. The van der Waals surface area contributed by atoms with Crippen LogP contribution >= 0.6 is 0 Å². The Balaban J connectivity index is 1.99. The Hall–Kier alpha value is -1.06. The van der Waals surface area contributed by atoms with Crippen LogP contribution < -0.4 is 5.32 Å². The molecule has 0 spiro atoms. The summed E-state index contributed by atoms with van der Waals surface area (Å²) < 4.78 is 0. The van der Waals surface area contributed by atoms with Gasteiger partial charge in [-0.25, -0.2) is 0 Å². The average Bonchev–Trinajstić information content (AvgIpc) is 2.93. The van der Waals surface area contributed by atoms with Crippen LogP contribution in [-0.2, 0) is 9.59 Å². The lowest BCUT2D eigenvalue weighted by molar-refractivity contribution is -0.140. The zero-order valence-corrected chi connectivity index (χ0v) is 13.0. The summed E-state index contributed by atoms with van der Waals surface area (Å²) >= 11 is 0. The van der Waals surface area contributed by atoms with E-state index in [1.807, 2.05) is 13.8 Å². The number of nitrogens with one attached hydrogen (secondary N) is 1. The fourth-order valence-corrected chi connectivity index (χ4v) is 4.00. The van der Waals surface area contributed by atoms with Crippen LogP contribution in [0.5, 0.6) is 0 Å². The highest BCUT2D eigenvalue weighted by molar-refractivity contribution is 5.91. The molecule has 2 aliphatic carbocycles. The lowest BCUT2D eigenvalue weighted by atomic mass is 9.78. The van der Waals surface area contributed by atoms with Crippen molar-refractivity contribution in [2.45, 2.75) is 59.4 Å². The second-order valence-electron chi connectivity index (χ2n) is 7.42. The van der Waals surface area contributed by atoms with Crippen LogP contribution in [0, 0.1) is 29.1 Å². The first kappa shape index (κ1) is 15.3. The number of hydrogen-bond acceptors (Lipinski definition) is 2. The van der Waals surface area contributed by atoms with Crippen molar-refractivity contribution < 1.29 is 14.7 Å². The maximum atomic E-state index is 12.4. The zero-order valence-electron chi connectivity index (χ0n) is 13.0. The van der Waals surface area contributed by atoms with E-state index in [4.69, 9.17) is 0 Å². The van der Waals surface area contributed by atoms with E-state index < -0.39 is 17.3 Å². The van der Waals surface area contributed by atoms with E-state index in [1.165, 1.54) is 12.8 Å². The van der Waals surface area contributed by atoms with Gasteiger partial charge in [0.25, 0.3) is 0 Å². The van der Waals surface area contributed by atoms with Crippen LogP contribution in [0.4, 0.5) is 0 Å². The molecule has 2 rings (SSSR count). The van der Waals surface area contributed by atoms with E-state index in [1.54, 1.807) is 0 Å². The van der Waals surface area contributed by atoms with E-state index in [9.17, 15) is 14.7 Å². The molecule has 0 aliphatic heterocycles. The lowest BCUT2D eigenvalue weighted by Crippen LogP contribution is -2.45. The van der Waals surface area contributed by atoms with Gasteiger partial charge in [0.1, 0.15) is 0 Å². The van der Waals surface area contributed by atoms with Gasteiger partial charge in [0.05, 0.1) is 11.8 Å². The number of carbonyl (C=O) groups excluding carboxylic acids is 1. The lowest BCUT2D eigenvalue weighted by Gasteiger charge is -2.35. The molecule has 114 valence electrons. The summed E-state index contributed by atoms with van der Waals surface area (Å²) in [4.78, 5) is 23.6. The first-order valence-electron chi connectivity index (χ1n) is 7.80. The molecule has 0 heterocycles. The zero-order chi connectivity index (χ0) is 15.1. The van der Waals surface area contributed by atoms with E-state index >= 15 is 0 Å². The minimum absolute atomic E-state index is 0.0556. The summed E-state index contributed by atoms with van der Waals surface area (Å²) in [7, 11) is 0. The first-order valence-corrected chi connectivity index (χ1v) is 7.80. The molecule has 4 heteroatoms. The summed E-state index contributed by atoms with van der Waals surface area (Å²) in [5, 5.41) is 12.3. The fraction of sp³-hybridized carbons (Fsp3) is 0.875. The van der Waals surface area contributed by atoms with E-state index in [0.717, 1.165) is 12.8 Å². The molecular weight excluding hydrogens is 254 g/mol. The minimum atomic E-state index is -0.848. The number of rotatable bonds is 4. The van der Waals surface area contributed by atoms with Crippen LogP contribution in [0.25, 0.3) is 0 Å². The maximum absolute atomic E-state index is 12.4. The van der Waals surface area contributed by atoms with Gasteiger partial charge in [0.15, 0.2) is 0 Å². The molecule has 0 aromatic heterocycles. The van der Waals surface area contributed by atoms with Crippen molar-refractivity contribution >= 4 is 11.9 Å². The van der Waals surface area contributed by atoms with Crippen LogP contribution in [0.15, 0.2) is 0 Å². The van der Waals surface area contributed by atoms with Crippen molar-refractivity contribution in [3.05, 3.63) is 0 Å². The number of carboxylic acid groups (broad SMARTS) is 1. The van der Waals surface area contributed by atoms with Gasteiger partial charge in [-0.15, -0.1) is 0 Å². The van der Waals surface area contributed by atoms with Crippen molar-refractivity contribution in [2.75, 3.05) is 0 Å². The van der Waals surface area contributed by atoms with Gasteiger partial charge in [0.2, 0.25) is 5.91 Å². The summed E-state index contributed by atoms with van der Waals surface area (Å²) in [6.45, 7) is 8.15. The molecule has 1 amide bonds. The molecule has 0 aromatic rings. The summed E-state index contributed by atoms with van der Waals surface area (Å²) in [6, 6.07) is 0.224. The third-order valence-electron chi connectivity index (χ3n) is 5.38. The number of hydrogen-bond donors (Lipinski definition) is 2. The first-order chi connectivity index (χ1) is 9.26. The predicted molar refractivity (Wildman–Crippen MR) is 77.1 cm³/mol. The molecule has 2 fully saturated rings. The maximum Gasteiger partial charge on any atom is 0.307 e. The summed E-state index contributed by atoms with van der Waals surface area (Å²) in [6.07, 6.45) is 4.59. The number of carbonyl (C=O) groups is 2. The number of aliphatic carboxylic acids is 1. The van der Waals surface area contributed by atoms with Crippen LogP contribution in [0.2, 0.25) is 0 Å². The van der Waals surface area contributed by atoms with Gasteiger partial charge < -0.3 is 10.4 Å². The van der Waals surface area contributed by atoms with E-state index in [2.05, 4.69) is 19.2 Å². The largest absolute Gasteiger partial charge is 0.481 e. The fourth-order valence-electron chi connectivity index (χ4n) is 4.00. The van der Waals surface area contributed by atoms with Gasteiger partial charge in [-0.3, -0.25) is 9.59 Å². The molecule has 0 aromatic carbocycles. The predicted octanol–water partition coefficient (Wildman–Crippen LogP) is 2.67. The van der Waals surface area contributed by atoms with Gasteiger partial charge >= 0.3 is 5.97 Å². The van der Waals surface area contributed by atoms with Gasteiger partial charge in [0, 0.05) is 6.04 Å². The molecule has 2 unspecified atom stereocenters. The highest BCUT2D eigenvalue weighted by Gasteiger charge is 2.66. The summed E-state index contributed by atoms with van der Waals surface area (Å²) in [5.41, 5.74) is -0.405. The van der Waals surface area contributed by atoms with E-state index in [-0.39, 0.29) is 17.9 Å². The summed E-state index contributed by atoms with van der Waals surface area (Å²) in [5.74, 6) is -0.710. The van der Waals surface area contributed by atoms with Crippen LogP contribution in [0.1, 0.15) is 53.4 Å². The van der Waals surface area contributed by atoms with Crippen LogP contribution in [0.3, 0.4) is 0 Å². The van der Waals surface area contributed by atoms with Crippen molar-refractivity contribution in [3.63, 3.8) is 0 Å². The topological polar surface area (TPSA) is 66.4 Å². The number of carboxylic acids is 1.